The third-order valence-corrected chi connectivity index (χ3v) is 3.44. The standard InChI is InChI=1S/C19H23N3O5/c1-4-26-15-8-6-13(10-16(15)27-5-2)19(24)21-12-17(23)22-14-7-9-18(25-3)20-11-14/h6-11H,4-5,12H2,1-3H3,(H,21,24)(H,22,23). The van der Waals surface area contributed by atoms with Gasteiger partial charge in [-0.05, 0) is 38.1 Å². The van der Waals surface area contributed by atoms with E-state index in [0.29, 0.717) is 41.8 Å². The lowest BCUT2D eigenvalue weighted by molar-refractivity contribution is -0.115. The molecule has 2 rings (SSSR count). The van der Waals surface area contributed by atoms with Crippen molar-refractivity contribution >= 4 is 17.5 Å². The molecule has 0 aliphatic heterocycles. The fourth-order valence-corrected chi connectivity index (χ4v) is 2.24. The molecule has 27 heavy (non-hydrogen) atoms. The van der Waals surface area contributed by atoms with Crippen LogP contribution in [-0.4, -0.2) is 43.7 Å². The number of aromatic nitrogens is 1. The summed E-state index contributed by atoms with van der Waals surface area (Å²) in [5.41, 5.74) is 0.885. The number of rotatable bonds is 9. The molecule has 1 aromatic carbocycles. The van der Waals surface area contributed by atoms with Crippen molar-refractivity contribution in [2.45, 2.75) is 13.8 Å². The van der Waals surface area contributed by atoms with Crippen LogP contribution < -0.4 is 24.8 Å². The van der Waals surface area contributed by atoms with Crippen molar-refractivity contribution in [3.05, 3.63) is 42.1 Å². The van der Waals surface area contributed by atoms with Crippen LogP contribution in [-0.2, 0) is 4.79 Å². The number of nitrogens with one attached hydrogen (secondary N) is 2. The zero-order chi connectivity index (χ0) is 19.6. The van der Waals surface area contributed by atoms with Gasteiger partial charge in [0.25, 0.3) is 5.91 Å². The lowest BCUT2D eigenvalue weighted by Gasteiger charge is -2.12. The first-order valence-corrected chi connectivity index (χ1v) is 8.55. The monoisotopic (exact) mass is 373 g/mol. The molecule has 1 heterocycles. The number of nitrogens with zero attached hydrogens (tertiary/aromatic N) is 1. The maximum absolute atomic E-state index is 12.3. The Bertz CT molecular complexity index is 777. The van der Waals surface area contributed by atoms with Crippen LogP contribution in [0.1, 0.15) is 24.2 Å². The SMILES string of the molecule is CCOc1ccc(C(=O)NCC(=O)Nc2ccc(OC)nc2)cc1OCC. The number of anilines is 1. The molecule has 2 amide bonds. The summed E-state index contributed by atoms with van der Waals surface area (Å²) in [5.74, 6) is 0.747. The minimum absolute atomic E-state index is 0.179. The average molecular weight is 373 g/mol. The number of ether oxygens (including phenoxy) is 3. The van der Waals surface area contributed by atoms with Gasteiger partial charge in [0.15, 0.2) is 11.5 Å². The Morgan fingerprint density at radius 2 is 1.78 bits per heavy atom. The van der Waals surface area contributed by atoms with Gasteiger partial charge in [0.05, 0.1) is 38.8 Å². The van der Waals surface area contributed by atoms with E-state index in [2.05, 4.69) is 15.6 Å². The van der Waals surface area contributed by atoms with Crippen molar-refractivity contribution in [1.29, 1.82) is 0 Å². The number of pyridine rings is 1. The number of methoxy groups -OCH3 is 1. The zero-order valence-corrected chi connectivity index (χ0v) is 15.6. The van der Waals surface area contributed by atoms with Crippen LogP contribution in [0.2, 0.25) is 0 Å². The highest BCUT2D eigenvalue weighted by Crippen LogP contribution is 2.28. The second-order valence-electron chi connectivity index (χ2n) is 5.35. The molecule has 8 nitrogen and oxygen atoms in total. The second kappa shape index (κ2) is 10.0. The third kappa shape index (κ3) is 5.88. The predicted octanol–water partition coefficient (Wildman–Crippen LogP) is 2.26. The maximum Gasteiger partial charge on any atom is 0.251 e. The van der Waals surface area contributed by atoms with E-state index in [0.717, 1.165) is 0 Å². The molecule has 144 valence electrons. The lowest BCUT2D eigenvalue weighted by Crippen LogP contribution is -2.32. The minimum atomic E-state index is -0.387. The zero-order valence-electron chi connectivity index (χ0n) is 15.6. The summed E-state index contributed by atoms with van der Waals surface area (Å²) in [6, 6.07) is 8.17. The van der Waals surface area contributed by atoms with E-state index >= 15 is 0 Å². The number of carbonyl (C=O) groups is 2. The molecule has 0 fully saturated rings. The molecule has 0 aliphatic carbocycles. The number of hydrogen-bond acceptors (Lipinski definition) is 6. The van der Waals surface area contributed by atoms with Gasteiger partial charge in [0, 0.05) is 11.6 Å². The first kappa shape index (κ1) is 20.0. The van der Waals surface area contributed by atoms with Gasteiger partial charge in [-0.15, -0.1) is 0 Å². The van der Waals surface area contributed by atoms with E-state index in [1.165, 1.54) is 13.3 Å². The molecule has 0 saturated heterocycles. The molecular weight excluding hydrogens is 350 g/mol. The van der Waals surface area contributed by atoms with E-state index in [9.17, 15) is 9.59 Å². The molecule has 0 radical (unpaired) electrons. The predicted molar refractivity (Wildman–Crippen MR) is 101 cm³/mol. The maximum atomic E-state index is 12.3. The van der Waals surface area contributed by atoms with Crippen molar-refractivity contribution in [2.24, 2.45) is 0 Å². The molecule has 0 spiro atoms. The second-order valence-corrected chi connectivity index (χ2v) is 5.35. The smallest absolute Gasteiger partial charge is 0.251 e. The van der Waals surface area contributed by atoms with Crippen molar-refractivity contribution in [3.63, 3.8) is 0 Å². The van der Waals surface area contributed by atoms with Crippen molar-refractivity contribution in [1.82, 2.24) is 10.3 Å². The summed E-state index contributed by atoms with van der Waals surface area (Å²) < 4.78 is 15.9. The Labute approximate surface area is 157 Å². The summed E-state index contributed by atoms with van der Waals surface area (Å²) in [5, 5.41) is 5.21. The highest BCUT2D eigenvalue weighted by molar-refractivity contribution is 5.99. The van der Waals surface area contributed by atoms with Gasteiger partial charge in [-0.1, -0.05) is 0 Å². The largest absolute Gasteiger partial charge is 0.490 e. The average Bonchev–Trinajstić information content (AvgIpc) is 2.68. The molecular formula is C19H23N3O5. The summed E-state index contributed by atoms with van der Waals surface area (Å²) in [7, 11) is 1.51. The highest BCUT2D eigenvalue weighted by atomic mass is 16.5. The van der Waals surface area contributed by atoms with E-state index in [1.807, 2.05) is 13.8 Å². The summed E-state index contributed by atoms with van der Waals surface area (Å²) in [4.78, 5) is 28.3. The van der Waals surface area contributed by atoms with Gasteiger partial charge < -0.3 is 24.8 Å². The van der Waals surface area contributed by atoms with Crippen LogP contribution in [0.15, 0.2) is 36.5 Å². The van der Waals surface area contributed by atoms with Gasteiger partial charge in [0.2, 0.25) is 11.8 Å². The van der Waals surface area contributed by atoms with E-state index < -0.39 is 0 Å². The van der Waals surface area contributed by atoms with Crippen LogP contribution in [0.25, 0.3) is 0 Å². The van der Waals surface area contributed by atoms with Gasteiger partial charge in [-0.25, -0.2) is 4.98 Å². The van der Waals surface area contributed by atoms with Crippen LogP contribution in [0, 0.1) is 0 Å². The molecule has 0 aliphatic rings. The topological polar surface area (TPSA) is 98.8 Å². The van der Waals surface area contributed by atoms with Crippen LogP contribution in [0.5, 0.6) is 17.4 Å². The Kier molecular flexibility index (Phi) is 7.42. The summed E-state index contributed by atoms with van der Waals surface area (Å²) in [6.07, 6.45) is 1.47. The fraction of sp³-hybridized carbons (Fsp3) is 0.316. The summed E-state index contributed by atoms with van der Waals surface area (Å²) in [6.45, 7) is 4.48. The molecule has 2 N–H and O–H groups in total. The Hall–Kier alpha value is -3.29. The molecule has 0 saturated carbocycles. The number of amides is 2. The number of carbonyl (C=O) groups excluding carboxylic acids is 2. The fourth-order valence-electron chi connectivity index (χ4n) is 2.24. The van der Waals surface area contributed by atoms with Gasteiger partial charge >= 0.3 is 0 Å². The van der Waals surface area contributed by atoms with Crippen molar-refractivity contribution < 1.29 is 23.8 Å². The van der Waals surface area contributed by atoms with Crippen molar-refractivity contribution in [3.8, 4) is 17.4 Å². The highest BCUT2D eigenvalue weighted by Gasteiger charge is 2.13. The first-order valence-electron chi connectivity index (χ1n) is 8.55. The molecule has 8 heteroatoms. The Balaban J connectivity index is 1.93. The van der Waals surface area contributed by atoms with Gasteiger partial charge in [-0.2, -0.15) is 0 Å². The Morgan fingerprint density at radius 1 is 1.04 bits per heavy atom. The quantitative estimate of drug-likeness (QED) is 0.700. The molecule has 0 unspecified atom stereocenters. The van der Waals surface area contributed by atoms with Crippen molar-refractivity contribution in [2.75, 3.05) is 32.2 Å². The lowest BCUT2D eigenvalue weighted by atomic mass is 10.2. The van der Waals surface area contributed by atoms with Crippen LogP contribution in [0.4, 0.5) is 5.69 Å². The molecule has 0 atom stereocenters. The molecule has 1 aromatic heterocycles. The number of hydrogen-bond donors (Lipinski definition) is 2. The van der Waals surface area contributed by atoms with Crippen LogP contribution in [0.3, 0.4) is 0 Å². The van der Waals surface area contributed by atoms with Gasteiger partial charge in [0.1, 0.15) is 0 Å². The molecule has 0 bridgehead atoms. The first-order chi connectivity index (χ1) is 13.1. The van der Waals surface area contributed by atoms with E-state index in [4.69, 9.17) is 14.2 Å². The van der Waals surface area contributed by atoms with E-state index in [-0.39, 0.29) is 18.4 Å². The molecule has 2 aromatic rings. The van der Waals surface area contributed by atoms with E-state index in [1.54, 1.807) is 30.3 Å². The minimum Gasteiger partial charge on any atom is -0.490 e. The van der Waals surface area contributed by atoms with Crippen LogP contribution >= 0.6 is 0 Å². The Morgan fingerprint density at radius 3 is 2.41 bits per heavy atom. The number of benzene rings is 1. The van der Waals surface area contributed by atoms with Gasteiger partial charge in [-0.3, -0.25) is 9.59 Å². The normalized spacial score (nSPS) is 10.0. The summed E-state index contributed by atoms with van der Waals surface area (Å²) >= 11 is 0. The third-order valence-electron chi connectivity index (χ3n) is 3.44.